The molecule has 6 nitrogen and oxygen atoms in total. The zero-order valence-corrected chi connectivity index (χ0v) is 14.9. The summed E-state index contributed by atoms with van der Waals surface area (Å²) in [5.74, 6) is -0.536. The first-order valence-electron chi connectivity index (χ1n) is 6.17. The molecule has 2 aliphatic heterocycles. The molecule has 118 valence electrons. The molecular weight excluding hydrogens is 362 g/mol. The van der Waals surface area contributed by atoms with E-state index in [1.165, 1.54) is 40.2 Å². The lowest BCUT2D eigenvalue weighted by molar-refractivity contribution is -0.136. The van der Waals surface area contributed by atoms with Crippen molar-refractivity contribution in [3.05, 3.63) is 22.6 Å². The topological polar surface area (TPSA) is 73.2 Å². The van der Waals surface area contributed by atoms with E-state index in [4.69, 9.17) is 17.3 Å². The van der Waals surface area contributed by atoms with Crippen molar-refractivity contribution < 1.29 is 14.7 Å². The van der Waals surface area contributed by atoms with Gasteiger partial charge in [0.2, 0.25) is 0 Å². The van der Waals surface area contributed by atoms with Gasteiger partial charge in [0, 0.05) is 19.3 Å². The van der Waals surface area contributed by atoms with E-state index in [0.717, 1.165) is 9.40 Å². The van der Waals surface area contributed by atoms with Gasteiger partial charge in [0.1, 0.15) is 14.3 Å². The standard InChI is InChI=1S/C12H13N3O3S4/c1-3-5-15-9(18)8(21-12(15)19)10-14(2)13-11(22-10)20-6-4-7(16)17/h3H,1,4-6H2,2H3,(H,16,17). The Balaban J connectivity index is 2.08. The summed E-state index contributed by atoms with van der Waals surface area (Å²) >= 11 is 9.20. The highest BCUT2D eigenvalue weighted by Crippen LogP contribution is 2.43. The number of amides is 1. The molecule has 1 amide bonds. The summed E-state index contributed by atoms with van der Waals surface area (Å²) in [6.45, 7) is 4.01. The molecule has 2 rings (SSSR count). The predicted molar refractivity (Wildman–Crippen MR) is 96.6 cm³/mol. The Morgan fingerprint density at radius 1 is 1.55 bits per heavy atom. The zero-order valence-electron chi connectivity index (χ0n) is 11.6. The first-order valence-corrected chi connectivity index (χ1v) is 9.20. The van der Waals surface area contributed by atoms with Crippen LogP contribution in [-0.2, 0) is 9.59 Å². The first kappa shape index (κ1) is 17.4. The summed E-state index contributed by atoms with van der Waals surface area (Å²) in [7, 11) is 1.76. The van der Waals surface area contributed by atoms with Gasteiger partial charge in [0.05, 0.1) is 6.42 Å². The van der Waals surface area contributed by atoms with Crippen molar-refractivity contribution in [1.82, 2.24) is 9.91 Å². The molecule has 0 bridgehead atoms. The van der Waals surface area contributed by atoms with Crippen LogP contribution in [0.3, 0.4) is 0 Å². The molecule has 0 radical (unpaired) electrons. The van der Waals surface area contributed by atoms with Crippen molar-refractivity contribution in [2.45, 2.75) is 6.42 Å². The number of carbonyl (C=O) groups is 2. The SMILES string of the molecule is C=CCN1C(=O)C(=C2SC(SCCC(=O)O)=NN2C)SC1=S. The van der Waals surface area contributed by atoms with E-state index in [1.807, 2.05) is 0 Å². The molecule has 2 heterocycles. The molecule has 0 aromatic heterocycles. The van der Waals surface area contributed by atoms with Crippen LogP contribution in [0.25, 0.3) is 0 Å². The van der Waals surface area contributed by atoms with E-state index in [0.29, 0.717) is 21.5 Å². The molecule has 0 aromatic rings. The van der Waals surface area contributed by atoms with E-state index in [-0.39, 0.29) is 12.3 Å². The van der Waals surface area contributed by atoms with Gasteiger partial charge >= 0.3 is 5.97 Å². The van der Waals surface area contributed by atoms with Crippen molar-refractivity contribution >= 4 is 68.1 Å². The number of carbonyl (C=O) groups excluding carboxylic acids is 1. The molecular formula is C12H13N3O3S4. The molecule has 2 aliphatic rings. The van der Waals surface area contributed by atoms with E-state index < -0.39 is 5.97 Å². The monoisotopic (exact) mass is 375 g/mol. The third-order valence-electron chi connectivity index (χ3n) is 2.61. The fourth-order valence-electron chi connectivity index (χ4n) is 1.63. The Bertz CT molecular complexity index is 602. The van der Waals surface area contributed by atoms with Gasteiger partial charge in [0.15, 0.2) is 4.38 Å². The maximum Gasteiger partial charge on any atom is 0.304 e. The van der Waals surface area contributed by atoms with Gasteiger partial charge in [-0.25, -0.2) is 0 Å². The lowest BCUT2D eigenvalue weighted by Crippen LogP contribution is -2.28. The zero-order chi connectivity index (χ0) is 16.3. The fourth-order valence-corrected chi connectivity index (χ4v) is 5.18. The summed E-state index contributed by atoms with van der Waals surface area (Å²) in [6, 6.07) is 0. The number of hydrazone groups is 1. The Morgan fingerprint density at radius 3 is 2.91 bits per heavy atom. The molecule has 10 heteroatoms. The number of hydrogen-bond donors (Lipinski definition) is 1. The largest absolute Gasteiger partial charge is 0.481 e. The van der Waals surface area contributed by atoms with Crippen LogP contribution in [0, 0.1) is 0 Å². The molecule has 0 saturated carbocycles. The van der Waals surface area contributed by atoms with Crippen LogP contribution in [0.5, 0.6) is 0 Å². The highest BCUT2D eigenvalue weighted by molar-refractivity contribution is 8.40. The van der Waals surface area contributed by atoms with Crippen LogP contribution in [-0.4, -0.2) is 54.9 Å². The number of carboxylic acid groups (broad SMARTS) is 1. The minimum atomic E-state index is -0.838. The molecule has 0 unspecified atom stereocenters. The van der Waals surface area contributed by atoms with E-state index in [1.54, 1.807) is 18.1 Å². The van der Waals surface area contributed by atoms with Crippen molar-refractivity contribution in [1.29, 1.82) is 0 Å². The normalized spacial score (nSPS) is 21.6. The van der Waals surface area contributed by atoms with Gasteiger partial charge in [-0.3, -0.25) is 19.5 Å². The van der Waals surface area contributed by atoms with Gasteiger partial charge in [-0.1, -0.05) is 41.8 Å². The van der Waals surface area contributed by atoms with Crippen LogP contribution in [0.4, 0.5) is 0 Å². The second-order valence-electron chi connectivity index (χ2n) is 4.19. The Labute approximate surface area is 146 Å². The third-order valence-corrected chi connectivity index (χ3v) is 6.43. The van der Waals surface area contributed by atoms with Crippen LogP contribution >= 0.6 is 47.5 Å². The summed E-state index contributed by atoms with van der Waals surface area (Å²) in [5, 5.41) is 15.3. The van der Waals surface area contributed by atoms with E-state index in [9.17, 15) is 9.59 Å². The summed E-state index contributed by atoms with van der Waals surface area (Å²) < 4.78 is 1.24. The number of rotatable bonds is 5. The van der Waals surface area contributed by atoms with Gasteiger partial charge in [-0.15, -0.1) is 6.58 Å². The minimum Gasteiger partial charge on any atom is -0.481 e. The molecule has 1 fully saturated rings. The quantitative estimate of drug-likeness (QED) is 0.446. The molecule has 0 atom stereocenters. The van der Waals surface area contributed by atoms with Crippen LogP contribution in [0.15, 0.2) is 27.7 Å². The van der Waals surface area contributed by atoms with Gasteiger partial charge < -0.3 is 5.11 Å². The van der Waals surface area contributed by atoms with Crippen molar-refractivity contribution in [2.75, 3.05) is 19.3 Å². The number of nitrogens with zero attached hydrogens (tertiary/aromatic N) is 3. The second-order valence-corrected chi connectivity index (χ2v) is 8.15. The van der Waals surface area contributed by atoms with Gasteiger partial charge in [0.25, 0.3) is 5.91 Å². The number of thioether (sulfide) groups is 3. The highest BCUT2D eigenvalue weighted by atomic mass is 32.2. The Morgan fingerprint density at radius 2 is 2.27 bits per heavy atom. The van der Waals surface area contributed by atoms with Gasteiger partial charge in [-0.2, -0.15) is 5.10 Å². The Kier molecular flexibility index (Phi) is 5.95. The maximum atomic E-state index is 12.4. The fraction of sp³-hybridized carbons (Fsp3) is 0.333. The number of hydrogen-bond acceptors (Lipinski definition) is 8. The summed E-state index contributed by atoms with van der Waals surface area (Å²) in [4.78, 5) is 25.0. The second kappa shape index (κ2) is 7.53. The lowest BCUT2D eigenvalue weighted by atomic mass is 10.4. The minimum absolute atomic E-state index is 0.0742. The molecule has 0 spiro atoms. The van der Waals surface area contributed by atoms with Crippen LogP contribution in [0.1, 0.15) is 6.42 Å². The smallest absolute Gasteiger partial charge is 0.304 e. The lowest BCUT2D eigenvalue weighted by Gasteiger charge is -2.12. The average Bonchev–Trinajstić information content (AvgIpc) is 2.93. The maximum absolute atomic E-state index is 12.4. The summed E-state index contributed by atoms with van der Waals surface area (Å²) in [6.07, 6.45) is 1.71. The van der Waals surface area contributed by atoms with Crippen LogP contribution < -0.4 is 0 Å². The van der Waals surface area contributed by atoms with E-state index >= 15 is 0 Å². The average molecular weight is 376 g/mol. The number of aliphatic carboxylic acids is 1. The summed E-state index contributed by atoms with van der Waals surface area (Å²) in [5.41, 5.74) is 0. The van der Waals surface area contributed by atoms with E-state index in [2.05, 4.69) is 11.7 Å². The molecule has 22 heavy (non-hydrogen) atoms. The molecule has 0 aliphatic carbocycles. The van der Waals surface area contributed by atoms with Crippen molar-refractivity contribution in [3.63, 3.8) is 0 Å². The van der Waals surface area contributed by atoms with Gasteiger partial charge in [-0.05, 0) is 11.8 Å². The van der Waals surface area contributed by atoms with Crippen molar-refractivity contribution in [2.24, 2.45) is 5.10 Å². The highest BCUT2D eigenvalue weighted by Gasteiger charge is 2.37. The number of carboxylic acids is 1. The third kappa shape index (κ3) is 3.86. The molecule has 1 saturated heterocycles. The molecule has 0 aromatic carbocycles. The van der Waals surface area contributed by atoms with Crippen molar-refractivity contribution in [3.8, 4) is 0 Å². The predicted octanol–water partition coefficient (Wildman–Crippen LogP) is 2.36. The molecule has 1 N–H and O–H groups in total. The van der Waals surface area contributed by atoms with Crippen LogP contribution in [0.2, 0.25) is 0 Å². The number of thiocarbonyl (C=S) groups is 1. The Hall–Kier alpha value is -0.970. The first-order chi connectivity index (χ1) is 10.4.